The zero-order chi connectivity index (χ0) is 23.9. The van der Waals surface area contributed by atoms with E-state index in [1.165, 1.54) is 24.1 Å². The van der Waals surface area contributed by atoms with Gasteiger partial charge in [0.15, 0.2) is 11.5 Å². The molecule has 4 heterocycles. The highest BCUT2D eigenvalue weighted by molar-refractivity contribution is 6.08. The van der Waals surface area contributed by atoms with Crippen molar-refractivity contribution in [3.8, 4) is 28.5 Å². The van der Waals surface area contributed by atoms with Gasteiger partial charge in [-0.15, -0.1) is 0 Å². The number of benzene rings is 1. The number of H-pyrrole nitrogens is 1. The molecule has 35 heavy (non-hydrogen) atoms. The molecule has 182 valence electrons. The number of hydrogen-bond acceptors (Lipinski definition) is 7. The first-order chi connectivity index (χ1) is 17.1. The topological polar surface area (TPSA) is 139 Å². The normalized spacial score (nSPS) is 17.5. The van der Waals surface area contributed by atoms with Crippen molar-refractivity contribution in [2.75, 3.05) is 26.5 Å². The zero-order valence-electron chi connectivity index (χ0n) is 19.0. The minimum atomic E-state index is -0.933. The largest absolute Gasteiger partial charge is 0.492 e. The quantitative estimate of drug-likeness (QED) is 0.490. The van der Waals surface area contributed by atoms with Crippen molar-refractivity contribution in [3.05, 3.63) is 30.2 Å². The number of carboxylic acid groups (broad SMARTS) is 1. The van der Waals surface area contributed by atoms with E-state index in [2.05, 4.69) is 20.3 Å². The van der Waals surface area contributed by atoms with Crippen LogP contribution in [0.15, 0.2) is 24.7 Å². The maximum Gasteiger partial charge on any atom is 0.407 e. The Kier molecular flexibility index (Phi) is 5.31. The van der Waals surface area contributed by atoms with Crippen molar-refractivity contribution in [2.24, 2.45) is 5.92 Å². The molecule has 1 aromatic carbocycles. The minimum Gasteiger partial charge on any atom is -0.492 e. The molecule has 2 amide bonds. The van der Waals surface area contributed by atoms with Crippen LogP contribution in [0.4, 0.5) is 4.79 Å². The van der Waals surface area contributed by atoms with Crippen LogP contribution in [0.5, 0.6) is 17.2 Å². The molecule has 3 aromatic rings. The van der Waals surface area contributed by atoms with Crippen LogP contribution in [0.2, 0.25) is 0 Å². The van der Waals surface area contributed by atoms with Gasteiger partial charge in [-0.1, -0.05) is 0 Å². The van der Waals surface area contributed by atoms with Gasteiger partial charge < -0.3 is 34.5 Å². The second-order valence-electron chi connectivity index (χ2n) is 9.09. The molecule has 3 N–H and O–H groups in total. The first kappa shape index (κ1) is 21.5. The van der Waals surface area contributed by atoms with Crippen LogP contribution in [-0.4, -0.2) is 69.5 Å². The van der Waals surface area contributed by atoms with Crippen molar-refractivity contribution in [1.29, 1.82) is 0 Å². The van der Waals surface area contributed by atoms with Crippen molar-refractivity contribution in [2.45, 2.75) is 31.7 Å². The fraction of sp³-hybridized carbons (Fsp3) is 0.417. The number of ether oxygens (including phenoxy) is 3. The Bertz CT molecular complexity index is 1300. The van der Waals surface area contributed by atoms with Crippen LogP contribution >= 0.6 is 0 Å². The van der Waals surface area contributed by atoms with Gasteiger partial charge in [0.25, 0.3) is 5.91 Å². The number of piperidine rings is 1. The number of amides is 2. The summed E-state index contributed by atoms with van der Waals surface area (Å²) in [5, 5.41) is 12.1. The molecule has 3 aliphatic rings. The first-order valence-corrected chi connectivity index (χ1v) is 11.7. The highest BCUT2D eigenvalue weighted by atomic mass is 16.7. The molecule has 1 aliphatic carbocycles. The Balaban J connectivity index is 1.30. The Labute approximate surface area is 200 Å². The standard InChI is InChI=1S/C24H25N5O6/c30-23(28-14-5-7-29(8-6-14)24(31)32)15-9-25-21-19(15)26-11-27-20(21)18-16(33-10-13-1-2-13)3-4-17-22(18)35-12-34-17/h3-4,9,11,13-14,25H,1-2,5-8,10,12H2,(H,28,30)(H,31,32). The molecule has 0 radical (unpaired) electrons. The van der Waals surface area contributed by atoms with Crippen molar-refractivity contribution < 1.29 is 28.9 Å². The lowest BCUT2D eigenvalue weighted by molar-refractivity contribution is 0.0909. The molecule has 2 fully saturated rings. The number of nitrogens with one attached hydrogen (secondary N) is 2. The third-order valence-electron chi connectivity index (χ3n) is 6.72. The second kappa shape index (κ2) is 8.64. The summed E-state index contributed by atoms with van der Waals surface area (Å²) in [6.07, 6.45) is 5.58. The number of hydrogen-bond donors (Lipinski definition) is 3. The smallest absolute Gasteiger partial charge is 0.407 e. The highest BCUT2D eigenvalue weighted by Gasteiger charge is 2.30. The van der Waals surface area contributed by atoms with Gasteiger partial charge in [0.05, 0.1) is 23.3 Å². The minimum absolute atomic E-state index is 0.102. The SMILES string of the molecule is O=C(NC1CCN(C(=O)O)CC1)c1c[nH]c2c(-c3c(OCC4CC4)ccc4c3OCO4)ncnc12. The van der Waals surface area contributed by atoms with Crippen LogP contribution < -0.4 is 19.5 Å². The molecule has 6 rings (SSSR count). The summed E-state index contributed by atoms with van der Waals surface area (Å²) in [5.41, 5.74) is 2.72. The van der Waals surface area contributed by atoms with Crippen LogP contribution in [-0.2, 0) is 0 Å². The molecular formula is C24H25N5O6. The van der Waals surface area contributed by atoms with E-state index in [0.29, 0.717) is 83.6 Å². The van der Waals surface area contributed by atoms with Gasteiger partial charge in [0.1, 0.15) is 23.3 Å². The van der Waals surface area contributed by atoms with E-state index in [0.717, 1.165) is 0 Å². The average molecular weight is 479 g/mol. The van der Waals surface area contributed by atoms with E-state index in [4.69, 9.17) is 19.3 Å². The maximum absolute atomic E-state index is 13.1. The Morgan fingerprint density at radius 1 is 1.17 bits per heavy atom. The molecule has 0 unspecified atom stereocenters. The fourth-order valence-electron chi connectivity index (χ4n) is 4.57. The summed E-state index contributed by atoms with van der Waals surface area (Å²) in [4.78, 5) is 37.7. The Hall–Kier alpha value is -4.02. The Morgan fingerprint density at radius 2 is 2.00 bits per heavy atom. The molecule has 2 aromatic heterocycles. The molecule has 2 aliphatic heterocycles. The number of carbonyl (C=O) groups is 2. The molecule has 0 atom stereocenters. The van der Waals surface area contributed by atoms with Gasteiger partial charge in [-0.25, -0.2) is 14.8 Å². The van der Waals surface area contributed by atoms with Gasteiger partial charge >= 0.3 is 6.09 Å². The zero-order valence-corrected chi connectivity index (χ0v) is 19.0. The molecule has 1 saturated heterocycles. The van der Waals surface area contributed by atoms with E-state index in [-0.39, 0.29) is 18.7 Å². The van der Waals surface area contributed by atoms with E-state index in [1.54, 1.807) is 6.20 Å². The third kappa shape index (κ3) is 4.07. The number of aromatic nitrogens is 3. The molecular weight excluding hydrogens is 454 g/mol. The molecule has 0 spiro atoms. The summed E-state index contributed by atoms with van der Waals surface area (Å²) in [6.45, 7) is 1.53. The van der Waals surface area contributed by atoms with E-state index in [9.17, 15) is 9.59 Å². The lowest BCUT2D eigenvalue weighted by Gasteiger charge is -2.30. The Morgan fingerprint density at radius 3 is 2.77 bits per heavy atom. The molecule has 0 bridgehead atoms. The maximum atomic E-state index is 13.1. The number of likely N-dealkylation sites (tertiary alicyclic amines) is 1. The van der Waals surface area contributed by atoms with Crippen molar-refractivity contribution >= 4 is 23.0 Å². The van der Waals surface area contributed by atoms with Gasteiger partial charge in [0.2, 0.25) is 6.79 Å². The van der Waals surface area contributed by atoms with Gasteiger partial charge in [-0.3, -0.25) is 4.79 Å². The number of nitrogens with zero attached hydrogens (tertiary/aromatic N) is 3. The fourth-order valence-corrected chi connectivity index (χ4v) is 4.57. The van der Waals surface area contributed by atoms with Crippen LogP contribution in [0.25, 0.3) is 22.3 Å². The monoisotopic (exact) mass is 479 g/mol. The number of carbonyl (C=O) groups excluding carboxylic acids is 1. The average Bonchev–Trinajstić information content (AvgIpc) is 3.38. The van der Waals surface area contributed by atoms with E-state index >= 15 is 0 Å². The molecule has 1 saturated carbocycles. The van der Waals surface area contributed by atoms with E-state index < -0.39 is 6.09 Å². The second-order valence-corrected chi connectivity index (χ2v) is 9.09. The van der Waals surface area contributed by atoms with Gasteiger partial charge in [-0.05, 0) is 43.7 Å². The summed E-state index contributed by atoms with van der Waals surface area (Å²) in [6, 6.07) is 3.59. The number of rotatable bonds is 6. The lowest BCUT2D eigenvalue weighted by atomic mass is 10.0. The van der Waals surface area contributed by atoms with Crippen LogP contribution in [0, 0.1) is 5.92 Å². The summed E-state index contributed by atoms with van der Waals surface area (Å²) < 4.78 is 17.5. The predicted molar refractivity (Wildman–Crippen MR) is 124 cm³/mol. The molecule has 11 nitrogen and oxygen atoms in total. The first-order valence-electron chi connectivity index (χ1n) is 11.7. The lowest BCUT2D eigenvalue weighted by Crippen LogP contribution is -2.46. The predicted octanol–water partition coefficient (Wildman–Crippen LogP) is 3.01. The number of fused-ring (bicyclic) bond motifs is 2. The summed E-state index contributed by atoms with van der Waals surface area (Å²) in [7, 11) is 0. The summed E-state index contributed by atoms with van der Waals surface area (Å²) >= 11 is 0. The van der Waals surface area contributed by atoms with Crippen LogP contribution in [0.3, 0.4) is 0 Å². The number of aromatic amines is 1. The van der Waals surface area contributed by atoms with Crippen LogP contribution in [0.1, 0.15) is 36.0 Å². The van der Waals surface area contributed by atoms with Crippen molar-refractivity contribution in [3.63, 3.8) is 0 Å². The van der Waals surface area contributed by atoms with E-state index in [1.807, 2.05) is 12.1 Å². The summed E-state index contributed by atoms with van der Waals surface area (Å²) in [5.74, 6) is 2.12. The van der Waals surface area contributed by atoms with Gasteiger partial charge in [0, 0.05) is 25.3 Å². The molecule has 11 heteroatoms. The highest BCUT2D eigenvalue weighted by Crippen LogP contribution is 2.48. The van der Waals surface area contributed by atoms with Crippen molar-refractivity contribution in [1.82, 2.24) is 25.2 Å². The third-order valence-corrected chi connectivity index (χ3v) is 6.72. The van der Waals surface area contributed by atoms with Gasteiger partial charge in [-0.2, -0.15) is 0 Å².